The second kappa shape index (κ2) is 17.2. The van der Waals surface area contributed by atoms with Gasteiger partial charge in [-0.2, -0.15) is 0 Å². The van der Waals surface area contributed by atoms with Crippen LogP contribution in [0, 0.1) is 5.41 Å². The molecule has 0 aromatic heterocycles. The fourth-order valence-electron chi connectivity index (χ4n) is 1.92. The van der Waals surface area contributed by atoms with E-state index in [4.69, 9.17) is 42.4 Å². The van der Waals surface area contributed by atoms with Gasteiger partial charge in [0.15, 0.2) is 5.96 Å². The van der Waals surface area contributed by atoms with Gasteiger partial charge in [-0.1, -0.05) is 0 Å². The molecule has 184 valence electrons. The quantitative estimate of drug-likeness (QED) is 0.0480. The molecule has 0 saturated heterocycles. The van der Waals surface area contributed by atoms with Crippen molar-refractivity contribution in [1.82, 2.24) is 16.2 Å². The normalized spacial score (nSPS) is 12.9. The molecule has 0 aliphatic heterocycles. The smallest absolute Gasteiger partial charge is 0.322 e. The molecule has 0 bridgehead atoms. The Labute approximate surface area is 182 Å². The summed E-state index contributed by atoms with van der Waals surface area (Å²) in [7, 11) is 0. The van der Waals surface area contributed by atoms with Crippen LogP contribution in [0.1, 0.15) is 38.5 Å². The largest absolute Gasteiger partial charge is 0.481 e. The zero-order valence-corrected chi connectivity index (χ0v) is 17.1. The van der Waals surface area contributed by atoms with E-state index in [-0.39, 0.29) is 18.8 Å². The third-order valence-electron chi connectivity index (χ3n) is 3.65. The summed E-state index contributed by atoms with van der Waals surface area (Å²) < 4.78 is 0. The van der Waals surface area contributed by atoms with Crippen LogP contribution >= 0.6 is 0 Å². The zero-order valence-electron chi connectivity index (χ0n) is 17.1. The van der Waals surface area contributed by atoms with Gasteiger partial charge in [0.1, 0.15) is 18.1 Å². The first kappa shape index (κ1) is 30.7. The first-order valence-corrected chi connectivity index (χ1v) is 9.24. The summed E-state index contributed by atoms with van der Waals surface area (Å²) in [5, 5.41) is 52.3. The maximum atomic E-state index is 10.8. The van der Waals surface area contributed by atoms with Crippen LogP contribution in [0.2, 0.25) is 0 Å². The number of nitrogens with two attached hydrogens (primary N) is 2. The fraction of sp³-hybridized carbons (Fsp3) is 0.625. The molecule has 0 aliphatic rings. The average Bonchev–Trinajstić information content (AvgIpc) is 2.66. The molecule has 0 aromatic rings. The molecule has 0 fully saturated rings. The molecule has 0 aromatic carbocycles. The predicted octanol–water partition coefficient (Wildman–Crippen LogP) is -2.62. The molecule has 0 unspecified atom stereocenters. The third kappa shape index (κ3) is 18.5. The molecule has 0 spiro atoms. The minimum atomic E-state index is -1.35. The van der Waals surface area contributed by atoms with Gasteiger partial charge >= 0.3 is 29.8 Å². The fourth-order valence-corrected chi connectivity index (χ4v) is 1.92. The molecule has 3 atom stereocenters. The van der Waals surface area contributed by atoms with E-state index < -0.39 is 60.8 Å². The van der Waals surface area contributed by atoms with Crippen molar-refractivity contribution in [2.45, 2.75) is 56.7 Å². The standard InChI is InChI=1S/C10H16N2O8.C6H14N4O2/c13-7(14)3-1-5(9(17)18)11-12-6(10(19)20)2-4-8(15)16;7-4(5(11)12)2-1-3-10-6(8)9/h5-6,11-12H,1-4H2,(H,13,14)(H,15,16)(H,17,18)(H,19,20);4H,1-3,7H2,(H,11,12)(H4,8,9,10)/t5-,6-;4-/m00/s1. The predicted molar refractivity (Wildman–Crippen MR) is 108 cm³/mol. The third-order valence-corrected chi connectivity index (χ3v) is 3.65. The Balaban J connectivity index is 0. The molecule has 0 rings (SSSR count). The van der Waals surface area contributed by atoms with Gasteiger partial charge in [-0.25, -0.2) is 10.9 Å². The summed E-state index contributed by atoms with van der Waals surface area (Å²) in [6.45, 7) is 0.482. The van der Waals surface area contributed by atoms with Gasteiger partial charge in [-0.15, -0.1) is 0 Å². The van der Waals surface area contributed by atoms with Crippen molar-refractivity contribution in [2.24, 2.45) is 11.5 Å². The number of hydrogen-bond acceptors (Lipinski definition) is 9. The van der Waals surface area contributed by atoms with E-state index in [0.717, 1.165) is 0 Å². The van der Waals surface area contributed by atoms with Crippen molar-refractivity contribution in [3.63, 3.8) is 0 Å². The summed E-state index contributed by atoms with van der Waals surface area (Å²) >= 11 is 0. The number of aliphatic carboxylic acids is 5. The Morgan fingerprint density at radius 2 is 1.16 bits per heavy atom. The van der Waals surface area contributed by atoms with Gasteiger partial charge in [-0.05, 0) is 25.7 Å². The van der Waals surface area contributed by atoms with Crippen molar-refractivity contribution in [1.29, 1.82) is 5.41 Å². The van der Waals surface area contributed by atoms with Crippen LogP contribution in [-0.4, -0.2) is 86.0 Å². The lowest BCUT2D eigenvalue weighted by atomic mass is 10.1. The number of rotatable bonds is 16. The lowest BCUT2D eigenvalue weighted by Gasteiger charge is -2.18. The zero-order chi connectivity index (χ0) is 25.3. The summed E-state index contributed by atoms with van der Waals surface area (Å²) in [6.07, 6.45) is -0.328. The topological polar surface area (TPSA) is 298 Å². The summed E-state index contributed by atoms with van der Waals surface area (Å²) in [6, 6.07) is -3.41. The van der Waals surface area contributed by atoms with Crippen LogP contribution in [0.5, 0.6) is 0 Å². The number of guanidine groups is 1. The highest BCUT2D eigenvalue weighted by Gasteiger charge is 2.23. The van der Waals surface area contributed by atoms with Crippen LogP contribution in [0.15, 0.2) is 0 Å². The minimum Gasteiger partial charge on any atom is -0.481 e. The Morgan fingerprint density at radius 3 is 1.44 bits per heavy atom. The van der Waals surface area contributed by atoms with Crippen LogP contribution in [0.25, 0.3) is 0 Å². The van der Waals surface area contributed by atoms with E-state index in [1.54, 1.807) is 0 Å². The van der Waals surface area contributed by atoms with E-state index in [1.165, 1.54) is 0 Å². The molecule has 32 heavy (non-hydrogen) atoms. The highest BCUT2D eigenvalue weighted by molar-refractivity contribution is 5.76. The monoisotopic (exact) mass is 466 g/mol. The van der Waals surface area contributed by atoms with Gasteiger partial charge in [0.25, 0.3) is 0 Å². The van der Waals surface area contributed by atoms with Gasteiger partial charge in [-0.3, -0.25) is 29.4 Å². The number of hydrogen-bond donors (Lipinski definition) is 11. The highest BCUT2D eigenvalue weighted by atomic mass is 16.4. The minimum absolute atomic E-state index is 0.112. The molecule has 0 amide bonds. The van der Waals surface area contributed by atoms with Gasteiger partial charge in [0.2, 0.25) is 0 Å². The summed E-state index contributed by atoms with van der Waals surface area (Å²) in [5.41, 5.74) is 14.6. The second-order valence-electron chi connectivity index (χ2n) is 6.36. The number of nitrogens with one attached hydrogen (secondary N) is 4. The maximum absolute atomic E-state index is 10.8. The molecular weight excluding hydrogens is 436 g/mol. The van der Waals surface area contributed by atoms with E-state index in [9.17, 15) is 24.0 Å². The molecule has 0 aliphatic carbocycles. The number of hydrazine groups is 1. The number of carboxylic acid groups (broad SMARTS) is 5. The van der Waals surface area contributed by atoms with Crippen molar-refractivity contribution in [3.05, 3.63) is 0 Å². The van der Waals surface area contributed by atoms with Crippen molar-refractivity contribution < 1.29 is 49.5 Å². The first-order chi connectivity index (χ1) is 14.8. The van der Waals surface area contributed by atoms with Crippen LogP contribution in [-0.2, 0) is 24.0 Å². The number of carboxylic acids is 5. The van der Waals surface area contributed by atoms with E-state index in [2.05, 4.69) is 16.2 Å². The molecule has 16 nitrogen and oxygen atoms in total. The highest BCUT2D eigenvalue weighted by Crippen LogP contribution is 2.00. The van der Waals surface area contributed by atoms with Crippen molar-refractivity contribution >= 4 is 35.8 Å². The molecular formula is C16H30N6O10. The van der Waals surface area contributed by atoms with Crippen LogP contribution < -0.4 is 27.6 Å². The van der Waals surface area contributed by atoms with Crippen molar-refractivity contribution in [3.8, 4) is 0 Å². The van der Waals surface area contributed by atoms with Crippen molar-refractivity contribution in [2.75, 3.05) is 6.54 Å². The Morgan fingerprint density at radius 1 is 0.750 bits per heavy atom. The van der Waals surface area contributed by atoms with E-state index in [0.29, 0.717) is 19.4 Å². The van der Waals surface area contributed by atoms with Gasteiger partial charge < -0.3 is 42.3 Å². The van der Waals surface area contributed by atoms with Crippen LogP contribution in [0.4, 0.5) is 0 Å². The summed E-state index contributed by atoms with van der Waals surface area (Å²) in [4.78, 5) is 52.6. The molecule has 0 saturated carbocycles. The molecule has 0 heterocycles. The van der Waals surface area contributed by atoms with Gasteiger partial charge in [0.05, 0.1) is 0 Å². The first-order valence-electron chi connectivity index (χ1n) is 9.24. The Kier molecular flexibility index (Phi) is 16.5. The SMILES string of the molecule is N=C(N)NCCC[C@H](N)C(=O)O.O=C(O)CC[C@H](NN[C@@H](CCC(=O)O)C(=O)O)C(=O)O. The lowest BCUT2D eigenvalue weighted by Crippen LogP contribution is -2.52. The second-order valence-corrected chi connectivity index (χ2v) is 6.36. The maximum Gasteiger partial charge on any atom is 0.322 e. The summed E-state index contributed by atoms with van der Waals surface area (Å²) in [5.74, 6) is -6.17. The van der Waals surface area contributed by atoms with E-state index >= 15 is 0 Å². The Hall–Kier alpha value is -3.50. The van der Waals surface area contributed by atoms with E-state index in [1.807, 2.05) is 0 Å². The molecule has 0 radical (unpaired) electrons. The lowest BCUT2D eigenvalue weighted by molar-refractivity contribution is -0.145. The van der Waals surface area contributed by atoms with Crippen LogP contribution in [0.3, 0.4) is 0 Å². The average molecular weight is 466 g/mol. The van der Waals surface area contributed by atoms with Gasteiger partial charge in [0, 0.05) is 19.4 Å². The Bertz CT molecular complexity index is 623. The number of carbonyl (C=O) groups is 5. The molecule has 16 heteroatoms. The molecule has 13 N–H and O–H groups in total.